The van der Waals surface area contributed by atoms with Gasteiger partial charge in [0.05, 0.1) is 9.79 Å². The number of aryl methyl sites for hydroxylation is 4. The highest BCUT2D eigenvalue weighted by Crippen LogP contribution is 2.30. The van der Waals surface area contributed by atoms with Crippen molar-refractivity contribution in [2.45, 2.75) is 42.7 Å². The van der Waals surface area contributed by atoms with Crippen LogP contribution in [0.25, 0.3) is 0 Å². The topological polar surface area (TPSA) is 93.2 Å². The molecule has 0 saturated carbocycles. The molecule has 0 aliphatic rings. The van der Waals surface area contributed by atoms with E-state index in [-0.39, 0.29) is 15.4 Å². The zero-order chi connectivity index (χ0) is 23.7. The molecule has 1 heterocycles. The summed E-state index contributed by atoms with van der Waals surface area (Å²) in [5.41, 5.74) is 2.59. The molecule has 2 aromatic carbocycles. The minimum atomic E-state index is -4.06. The molecule has 0 spiro atoms. The van der Waals surface area contributed by atoms with E-state index in [4.69, 9.17) is 0 Å². The van der Waals surface area contributed by atoms with Gasteiger partial charge in [0.15, 0.2) is 9.84 Å². The third kappa shape index (κ3) is 4.90. The maximum Gasteiger partial charge on any atom is 0.241 e. The number of sulfone groups is 1. The Kier molecular flexibility index (Phi) is 6.83. The Labute approximate surface area is 188 Å². The second-order valence-corrected chi connectivity index (χ2v) is 11.6. The van der Waals surface area contributed by atoms with Gasteiger partial charge in [-0.25, -0.2) is 25.9 Å². The molecular formula is C23H25FN2O4S2. The van der Waals surface area contributed by atoms with Gasteiger partial charge in [0.25, 0.3) is 0 Å². The fraction of sp³-hybridized carbons (Fsp3) is 0.261. The zero-order valence-electron chi connectivity index (χ0n) is 18.3. The Morgan fingerprint density at radius 2 is 1.59 bits per heavy atom. The van der Waals surface area contributed by atoms with E-state index in [0.717, 1.165) is 11.6 Å². The van der Waals surface area contributed by atoms with Gasteiger partial charge >= 0.3 is 0 Å². The number of hydrogen-bond acceptors (Lipinski definition) is 5. The minimum Gasteiger partial charge on any atom is -0.264 e. The van der Waals surface area contributed by atoms with Crippen molar-refractivity contribution in [2.75, 3.05) is 6.54 Å². The molecule has 3 aromatic rings. The second-order valence-electron chi connectivity index (χ2n) is 7.81. The van der Waals surface area contributed by atoms with Gasteiger partial charge in [-0.05, 0) is 74.2 Å². The number of nitrogens with zero attached hydrogens (tertiary/aromatic N) is 1. The van der Waals surface area contributed by atoms with E-state index >= 15 is 0 Å². The van der Waals surface area contributed by atoms with Gasteiger partial charge < -0.3 is 0 Å². The number of aromatic nitrogens is 1. The average molecular weight is 477 g/mol. The highest BCUT2D eigenvalue weighted by Gasteiger charge is 2.32. The molecule has 0 aliphatic carbocycles. The largest absolute Gasteiger partial charge is 0.264 e. The van der Waals surface area contributed by atoms with Gasteiger partial charge in [-0.3, -0.25) is 4.98 Å². The molecule has 0 fully saturated rings. The molecule has 0 radical (unpaired) electrons. The summed E-state index contributed by atoms with van der Waals surface area (Å²) in [5.74, 6) is -0.520. The highest BCUT2D eigenvalue weighted by atomic mass is 32.2. The molecule has 0 saturated heterocycles. The molecule has 1 unspecified atom stereocenters. The number of nitrogens with one attached hydrogen (secondary N) is 1. The Morgan fingerprint density at radius 3 is 2.16 bits per heavy atom. The standard InChI is InChI=1S/C23H25FN2O4S2/c1-15-10-17(3)23(18(4)11-15)32(29,30)26-14-22(19-6-5-9-25-13-19)31(27,28)20-7-8-21(24)16(2)12-20/h5-13,22,26H,14H2,1-4H3. The first-order valence-electron chi connectivity index (χ1n) is 9.91. The van der Waals surface area contributed by atoms with Crippen molar-refractivity contribution in [1.82, 2.24) is 9.71 Å². The fourth-order valence-electron chi connectivity index (χ4n) is 3.78. The summed E-state index contributed by atoms with van der Waals surface area (Å²) in [6.45, 7) is 6.34. The molecule has 1 aromatic heterocycles. The molecule has 6 nitrogen and oxygen atoms in total. The third-order valence-electron chi connectivity index (χ3n) is 5.22. The van der Waals surface area contributed by atoms with Crippen LogP contribution in [0, 0.1) is 33.5 Å². The van der Waals surface area contributed by atoms with Gasteiger partial charge in [0.1, 0.15) is 11.1 Å². The molecule has 32 heavy (non-hydrogen) atoms. The molecule has 0 aliphatic heterocycles. The Hall–Kier alpha value is -2.62. The number of pyridine rings is 1. The van der Waals surface area contributed by atoms with Crippen LogP contribution in [0.3, 0.4) is 0 Å². The van der Waals surface area contributed by atoms with Crippen molar-refractivity contribution in [2.24, 2.45) is 0 Å². The van der Waals surface area contributed by atoms with Crippen LogP contribution in [0.5, 0.6) is 0 Å². The number of rotatable bonds is 7. The van der Waals surface area contributed by atoms with Crippen molar-refractivity contribution in [3.63, 3.8) is 0 Å². The molecule has 0 amide bonds. The SMILES string of the molecule is Cc1cc(C)c(S(=O)(=O)NCC(c2cccnc2)S(=O)(=O)c2ccc(F)c(C)c2)c(C)c1. The lowest BCUT2D eigenvalue weighted by Gasteiger charge is -2.20. The first-order chi connectivity index (χ1) is 14.9. The van der Waals surface area contributed by atoms with Crippen molar-refractivity contribution in [3.8, 4) is 0 Å². The Balaban J connectivity index is 2.02. The first-order valence-corrected chi connectivity index (χ1v) is 12.9. The average Bonchev–Trinajstić information content (AvgIpc) is 2.69. The normalized spacial score (nSPS) is 13.2. The zero-order valence-corrected chi connectivity index (χ0v) is 19.9. The summed E-state index contributed by atoms with van der Waals surface area (Å²) in [6.07, 6.45) is 2.88. The molecule has 3 rings (SSSR count). The third-order valence-corrected chi connectivity index (χ3v) is 9.05. The van der Waals surface area contributed by atoms with E-state index in [2.05, 4.69) is 9.71 Å². The van der Waals surface area contributed by atoms with Crippen LogP contribution in [0.15, 0.2) is 64.6 Å². The predicted octanol–water partition coefficient (Wildman–Crippen LogP) is 3.95. The van der Waals surface area contributed by atoms with Crippen molar-refractivity contribution in [3.05, 3.63) is 88.5 Å². The lowest BCUT2D eigenvalue weighted by Crippen LogP contribution is -2.33. The number of halogens is 1. The van der Waals surface area contributed by atoms with Crippen LogP contribution in [-0.2, 0) is 19.9 Å². The van der Waals surface area contributed by atoms with Gasteiger partial charge in [0, 0.05) is 18.9 Å². The summed E-state index contributed by atoms with van der Waals surface area (Å²) in [5, 5.41) is -1.25. The summed E-state index contributed by atoms with van der Waals surface area (Å²) < 4.78 is 69.3. The quantitative estimate of drug-likeness (QED) is 0.521. The summed E-state index contributed by atoms with van der Waals surface area (Å²) in [6, 6.07) is 10.2. The fourth-order valence-corrected chi connectivity index (χ4v) is 7.11. The number of hydrogen-bond donors (Lipinski definition) is 1. The van der Waals surface area contributed by atoms with Crippen molar-refractivity contribution < 1.29 is 21.2 Å². The van der Waals surface area contributed by atoms with Crippen LogP contribution >= 0.6 is 0 Å². The maximum atomic E-state index is 13.7. The lowest BCUT2D eigenvalue weighted by atomic mass is 10.1. The highest BCUT2D eigenvalue weighted by molar-refractivity contribution is 7.92. The number of sulfonamides is 1. The summed E-state index contributed by atoms with van der Waals surface area (Å²) in [7, 11) is -8.05. The molecule has 1 atom stereocenters. The minimum absolute atomic E-state index is 0.0906. The molecule has 0 bridgehead atoms. The van der Waals surface area contributed by atoms with Crippen LogP contribution < -0.4 is 4.72 Å². The van der Waals surface area contributed by atoms with E-state index in [9.17, 15) is 21.2 Å². The lowest BCUT2D eigenvalue weighted by molar-refractivity contribution is 0.567. The van der Waals surface area contributed by atoms with Gasteiger partial charge in [0.2, 0.25) is 10.0 Å². The second kappa shape index (κ2) is 9.09. The van der Waals surface area contributed by atoms with E-state index < -0.39 is 37.5 Å². The van der Waals surface area contributed by atoms with E-state index in [0.29, 0.717) is 16.7 Å². The Bertz CT molecular complexity index is 1330. The summed E-state index contributed by atoms with van der Waals surface area (Å²) >= 11 is 0. The van der Waals surface area contributed by atoms with Gasteiger partial charge in [-0.2, -0.15) is 0 Å². The van der Waals surface area contributed by atoms with E-state index in [1.807, 2.05) is 6.92 Å². The molecule has 1 N–H and O–H groups in total. The maximum absolute atomic E-state index is 13.7. The first kappa shape index (κ1) is 24.0. The van der Waals surface area contributed by atoms with E-state index in [1.165, 1.54) is 31.5 Å². The number of benzene rings is 2. The van der Waals surface area contributed by atoms with Crippen LogP contribution in [-0.4, -0.2) is 28.4 Å². The van der Waals surface area contributed by atoms with Gasteiger partial charge in [-0.1, -0.05) is 23.8 Å². The van der Waals surface area contributed by atoms with Crippen molar-refractivity contribution >= 4 is 19.9 Å². The van der Waals surface area contributed by atoms with Crippen LogP contribution in [0.2, 0.25) is 0 Å². The molecule has 170 valence electrons. The summed E-state index contributed by atoms with van der Waals surface area (Å²) in [4.78, 5) is 4.02. The van der Waals surface area contributed by atoms with Gasteiger partial charge in [-0.15, -0.1) is 0 Å². The monoisotopic (exact) mass is 476 g/mol. The van der Waals surface area contributed by atoms with E-state index in [1.54, 1.807) is 38.1 Å². The predicted molar refractivity (Wildman–Crippen MR) is 121 cm³/mol. The van der Waals surface area contributed by atoms with Crippen molar-refractivity contribution in [1.29, 1.82) is 0 Å². The molecule has 9 heteroatoms. The molecular weight excluding hydrogens is 451 g/mol. The van der Waals surface area contributed by atoms with Crippen LogP contribution in [0.1, 0.15) is 33.1 Å². The Morgan fingerprint density at radius 1 is 0.938 bits per heavy atom. The van der Waals surface area contributed by atoms with Crippen LogP contribution in [0.4, 0.5) is 4.39 Å². The smallest absolute Gasteiger partial charge is 0.241 e.